The highest BCUT2D eigenvalue weighted by molar-refractivity contribution is 5.94. The van der Waals surface area contributed by atoms with E-state index in [4.69, 9.17) is 10.8 Å². The van der Waals surface area contributed by atoms with Crippen molar-refractivity contribution in [2.45, 2.75) is 38.8 Å². The van der Waals surface area contributed by atoms with Gasteiger partial charge in [-0.1, -0.05) is 25.0 Å². The number of carbonyl (C=O) groups excluding carboxylic acids is 2. The lowest BCUT2D eigenvalue weighted by molar-refractivity contribution is -0.139. The molecule has 0 aliphatic carbocycles. The Hall–Kier alpha value is -2.45. The van der Waals surface area contributed by atoms with E-state index in [9.17, 15) is 14.4 Å². The predicted molar refractivity (Wildman–Crippen MR) is 67.6 cm³/mol. The Bertz CT molecular complexity index is 499. The van der Waals surface area contributed by atoms with Crippen molar-refractivity contribution >= 4 is 17.8 Å². The number of rotatable bonds is 8. The molecule has 0 aromatic carbocycles. The van der Waals surface area contributed by atoms with Crippen molar-refractivity contribution in [1.82, 2.24) is 20.3 Å². The molecule has 9 nitrogen and oxygen atoms in total. The molecule has 0 saturated carbocycles. The second-order valence-electron chi connectivity index (χ2n) is 4.27. The lowest BCUT2D eigenvalue weighted by Gasteiger charge is -2.12. The smallest absolute Gasteiger partial charge is 0.326 e. The fraction of sp³-hybridized carbons (Fsp3) is 0.545. The van der Waals surface area contributed by atoms with Gasteiger partial charge in [0.15, 0.2) is 5.69 Å². The summed E-state index contributed by atoms with van der Waals surface area (Å²) < 4.78 is 1.11. The number of carbonyl (C=O) groups is 3. The van der Waals surface area contributed by atoms with Crippen LogP contribution >= 0.6 is 0 Å². The number of carboxylic acid groups (broad SMARTS) is 1. The van der Waals surface area contributed by atoms with Gasteiger partial charge in [0.25, 0.3) is 5.91 Å². The van der Waals surface area contributed by atoms with Crippen LogP contribution in [0.15, 0.2) is 6.20 Å². The number of carboxylic acids is 1. The van der Waals surface area contributed by atoms with E-state index in [0.29, 0.717) is 12.8 Å². The minimum absolute atomic E-state index is 0.0611. The molecular formula is C11H17N5O4. The summed E-state index contributed by atoms with van der Waals surface area (Å²) in [5.41, 5.74) is 4.92. The van der Waals surface area contributed by atoms with Crippen LogP contribution in [0.25, 0.3) is 0 Å². The molecule has 0 radical (unpaired) electrons. The Labute approximate surface area is 115 Å². The number of hydrogen-bond acceptors (Lipinski definition) is 5. The highest BCUT2D eigenvalue weighted by atomic mass is 16.4. The monoisotopic (exact) mass is 283 g/mol. The van der Waals surface area contributed by atoms with Crippen molar-refractivity contribution in [3.63, 3.8) is 0 Å². The molecule has 9 heteroatoms. The molecule has 1 rings (SSSR count). The van der Waals surface area contributed by atoms with Gasteiger partial charge in [-0.2, -0.15) is 0 Å². The standard InChI is InChI=1S/C11H17N5O4/c1-2-3-4-7(11(19)20)13-10(18)8-5-16(15-14-8)6-9(12)17/h5,7H,2-4,6H2,1H3,(H2,12,17)(H,13,18)(H,19,20)/t7-/m0/s1. The largest absolute Gasteiger partial charge is 0.480 e. The Kier molecular flexibility index (Phi) is 5.63. The Morgan fingerprint density at radius 2 is 2.20 bits per heavy atom. The lowest BCUT2D eigenvalue weighted by atomic mass is 10.1. The number of aliphatic carboxylic acids is 1. The highest BCUT2D eigenvalue weighted by Crippen LogP contribution is 2.02. The molecule has 4 N–H and O–H groups in total. The number of nitrogens with two attached hydrogens (primary N) is 1. The predicted octanol–water partition coefficient (Wildman–Crippen LogP) is -0.863. The van der Waals surface area contributed by atoms with E-state index in [0.717, 1.165) is 11.1 Å². The van der Waals surface area contributed by atoms with Gasteiger partial charge < -0.3 is 16.2 Å². The van der Waals surface area contributed by atoms with Crippen LogP contribution in [0.1, 0.15) is 36.7 Å². The summed E-state index contributed by atoms with van der Waals surface area (Å²) >= 11 is 0. The van der Waals surface area contributed by atoms with Gasteiger partial charge in [-0.05, 0) is 6.42 Å². The molecule has 0 aliphatic rings. The van der Waals surface area contributed by atoms with E-state index >= 15 is 0 Å². The van der Waals surface area contributed by atoms with Crippen molar-refractivity contribution in [2.75, 3.05) is 0 Å². The highest BCUT2D eigenvalue weighted by Gasteiger charge is 2.21. The molecule has 1 aromatic heterocycles. The molecule has 20 heavy (non-hydrogen) atoms. The van der Waals surface area contributed by atoms with Crippen molar-refractivity contribution in [1.29, 1.82) is 0 Å². The van der Waals surface area contributed by atoms with Crippen molar-refractivity contribution in [3.05, 3.63) is 11.9 Å². The molecule has 0 spiro atoms. The summed E-state index contributed by atoms with van der Waals surface area (Å²) in [6, 6.07) is -0.969. The van der Waals surface area contributed by atoms with Crippen LogP contribution in [-0.4, -0.2) is 43.9 Å². The number of amides is 2. The van der Waals surface area contributed by atoms with Gasteiger partial charge in [0.2, 0.25) is 5.91 Å². The second-order valence-corrected chi connectivity index (χ2v) is 4.27. The number of nitrogens with zero attached hydrogens (tertiary/aromatic N) is 3. The second kappa shape index (κ2) is 7.22. The average Bonchev–Trinajstić information content (AvgIpc) is 2.81. The quantitative estimate of drug-likeness (QED) is 0.567. The first-order chi connectivity index (χ1) is 9.43. The summed E-state index contributed by atoms with van der Waals surface area (Å²) in [6.45, 7) is 1.73. The first kappa shape index (κ1) is 15.6. The third kappa shape index (κ3) is 4.67. The molecule has 0 saturated heterocycles. The number of hydrogen-bond donors (Lipinski definition) is 3. The van der Waals surface area contributed by atoms with Gasteiger partial charge in [-0.25, -0.2) is 9.48 Å². The van der Waals surface area contributed by atoms with Crippen molar-refractivity contribution < 1.29 is 19.5 Å². The van der Waals surface area contributed by atoms with Crippen molar-refractivity contribution in [3.8, 4) is 0 Å². The molecule has 1 aromatic rings. The van der Waals surface area contributed by atoms with Crippen LogP contribution in [0.4, 0.5) is 0 Å². The SMILES string of the molecule is CCCC[C@H](NC(=O)c1cn(CC(N)=O)nn1)C(=O)O. The molecule has 1 atom stereocenters. The lowest BCUT2D eigenvalue weighted by Crippen LogP contribution is -2.40. The van der Waals surface area contributed by atoms with Gasteiger partial charge in [-0.15, -0.1) is 5.10 Å². The summed E-state index contributed by atoms with van der Waals surface area (Å²) in [4.78, 5) is 33.5. The molecule has 0 bridgehead atoms. The summed E-state index contributed by atoms with van der Waals surface area (Å²) in [7, 11) is 0. The van der Waals surface area contributed by atoms with Crippen LogP contribution < -0.4 is 11.1 Å². The summed E-state index contributed by atoms with van der Waals surface area (Å²) in [5.74, 6) is -2.37. The normalized spacial score (nSPS) is 11.8. The maximum Gasteiger partial charge on any atom is 0.326 e. The number of nitrogens with one attached hydrogen (secondary N) is 1. The minimum Gasteiger partial charge on any atom is -0.480 e. The third-order valence-corrected chi connectivity index (χ3v) is 2.54. The summed E-state index contributed by atoms with van der Waals surface area (Å²) in [5, 5.41) is 18.5. The van der Waals surface area contributed by atoms with Gasteiger partial charge in [0.1, 0.15) is 12.6 Å². The van der Waals surface area contributed by atoms with E-state index in [2.05, 4.69) is 15.6 Å². The molecule has 0 unspecified atom stereocenters. The minimum atomic E-state index is -1.10. The molecular weight excluding hydrogens is 266 g/mol. The Morgan fingerprint density at radius 1 is 1.50 bits per heavy atom. The first-order valence-corrected chi connectivity index (χ1v) is 6.16. The zero-order valence-electron chi connectivity index (χ0n) is 11.1. The van der Waals surface area contributed by atoms with Crippen LogP contribution in [-0.2, 0) is 16.1 Å². The maximum atomic E-state index is 11.8. The van der Waals surface area contributed by atoms with E-state index < -0.39 is 23.8 Å². The van der Waals surface area contributed by atoms with E-state index in [-0.39, 0.29) is 12.2 Å². The van der Waals surface area contributed by atoms with Gasteiger partial charge in [-0.3, -0.25) is 9.59 Å². The Morgan fingerprint density at radius 3 is 2.75 bits per heavy atom. The fourth-order valence-corrected chi connectivity index (χ4v) is 1.54. The van der Waals surface area contributed by atoms with Gasteiger partial charge >= 0.3 is 5.97 Å². The van der Waals surface area contributed by atoms with Gasteiger partial charge in [0.05, 0.1) is 6.20 Å². The van der Waals surface area contributed by atoms with Gasteiger partial charge in [0, 0.05) is 0 Å². The molecule has 2 amide bonds. The Balaban J connectivity index is 2.66. The number of aromatic nitrogens is 3. The third-order valence-electron chi connectivity index (χ3n) is 2.54. The van der Waals surface area contributed by atoms with Crippen LogP contribution in [0, 0.1) is 0 Å². The zero-order valence-corrected chi connectivity index (χ0v) is 11.1. The maximum absolute atomic E-state index is 11.8. The van der Waals surface area contributed by atoms with Crippen molar-refractivity contribution in [2.24, 2.45) is 5.73 Å². The van der Waals surface area contributed by atoms with Crippen LogP contribution in [0.2, 0.25) is 0 Å². The first-order valence-electron chi connectivity index (χ1n) is 6.16. The van der Waals surface area contributed by atoms with E-state index in [1.54, 1.807) is 0 Å². The van der Waals surface area contributed by atoms with Crippen LogP contribution in [0.3, 0.4) is 0 Å². The number of unbranched alkanes of at least 4 members (excludes halogenated alkanes) is 1. The molecule has 1 heterocycles. The van der Waals surface area contributed by atoms with Crippen LogP contribution in [0.5, 0.6) is 0 Å². The average molecular weight is 283 g/mol. The summed E-state index contributed by atoms with van der Waals surface area (Å²) in [6.07, 6.45) is 3.09. The molecule has 0 aliphatic heterocycles. The topological polar surface area (TPSA) is 140 Å². The number of primary amides is 1. The van der Waals surface area contributed by atoms with E-state index in [1.165, 1.54) is 6.20 Å². The molecule has 0 fully saturated rings. The molecule has 110 valence electrons. The zero-order chi connectivity index (χ0) is 15.1. The van der Waals surface area contributed by atoms with E-state index in [1.807, 2.05) is 6.92 Å². The fourth-order valence-electron chi connectivity index (χ4n) is 1.54.